The molecule has 0 radical (unpaired) electrons. The zero-order valence-electron chi connectivity index (χ0n) is 8.75. The number of urea groups is 1. The van der Waals surface area contributed by atoms with Crippen LogP contribution in [0.1, 0.15) is 25.5 Å². The van der Waals surface area contributed by atoms with Gasteiger partial charge in [-0.3, -0.25) is 5.32 Å². The highest BCUT2D eigenvalue weighted by Crippen LogP contribution is 2.14. The molecule has 4 N–H and O–H groups in total. The molecule has 0 aromatic carbocycles. The number of hydrogen-bond donors (Lipinski definition) is 3. The fourth-order valence-corrected chi connectivity index (χ4v) is 1.70. The van der Waals surface area contributed by atoms with Crippen molar-refractivity contribution < 1.29 is 4.79 Å². The van der Waals surface area contributed by atoms with Crippen molar-refractivity contribution in [2.45, 2.75) is 26.3 Å². The number of carbonyl (C=O) groups excluding carboxylic acids is 1. The number of aromatic nitrogens is 1. The zero-order valence-corrected chi connectivity index (χ0v) is 9.56. The molecule has 0 saturated carbocycles. The number of hydrogen-bond acceptors (Lipinski definition) is 4. The van der Waals surface area contributed by atoms with Gasteiger partial charge >= 0.3 is 6.03 Å². The van der Waals surface area contributed by atoms with Crippen LogP contribution in [-0.2, 0) is 6.54 Å². The van der Waals surface area contributed by atoms with Crippen LogP contribution in [-0.4, -0.2) is 17.6 Å². The Morgan fingerprint density at radius 1 is 1.67 bits per heavy atom. The molecule has 15 heavy (non-hydrogen) atoms. The van der Waals surface area contributed by atoms with E-state index in [9.17, 15) is 4.79 Å². The Bertz CT molecular complexity index is 313. The normalized spacial score (nSPS) is 10.0. The Kier molecular flexibility index (Phi) is 5.06. The Hall–Kier alpha value is -1.14. The van der Waals surface area contributed by atoms with E-state index < -0.39 is 0 Å². The summed E-state index contributed by atoms with van der Waals surface area (Å²) in [7, 11) is 0. The van der Waals surface area contributed by atoms with Crippen molar-refractivity contribution in [3.05, 3.63) is 11.1 Å². The van der Waals surface area contributed by atoms with Crippen molar-refractivity contribution in [3.8, 4) is 0 Å². The van der Waals surface area contributed by atoms with Gasteiger partial charge in [0.15, 0.2) is 5.13 Å². The molecule has 6 heteroatoms. The van der Waals surface area contributed by atoms with Gasteiger partial charge in [0.1, 0.15) is 0 Å². The van der Waals surface area contributed by atoms with Crippen LogP contribution < -0.4 is 16.4 Å². The summed E-state index contributed by atoms with van der Waals surface area (Å²) in [6.07, 6.45) is 2.05. The predicted octanol–water partition coefficient (Wildman–Crippen LogP) is 1.52. The van der Waals surface area contributed by atoms with Gasteiger partial charge in [0.25, 0.3) is 0 Å². The summed E-state index contributed by atoms with van der Waals surface area (Å²) < 4.78 is 0. The van der Waals surface area contributed by atoms with Crippen molar-refractivity contribution in [2.75, 3.05) is 11.9 Å². The summed E-state index contributed by atoms with van der Waals surface area (Å²) in [5, 5.41) is 7.82. The number of amides is 2. The Morgan fingerprint density at radius 2 is 2.47 bits per heavy atom. The van der Waals surface area contributed by atoms with Crippen molar-refractivity contribution in [2.24, 2.45) is 5.73 Å². The first-order valence-corrected chi connectivity index (χ1v) is 5.83. The second-order valence-electron chi connectivity index (χ2n) is 3.08. The lowest BCUT2D eigenvalue weighted by atomic mass is 10.3. The molecule has 0 aliphatic rings. The van der Waals surface area contributed by atoms with E-state index in [-0.39, 0.29) is 6.03 Å². The summed E-state index contributed by atoms with van der Waals surface area (Å²) >= 11 is 1.38. The number of unbranched alkanes of at least 4 members (excludes halogenated alkanes) is 1. The van der Waals surface area contributed by atoms with Crippen LogP contribution >= 0.6 is 11.3 Å². The van der Waals surface area contributed by atoms with Crippen molar-refractivity contribution in [1.82, 2.24) is 10.3 Å². The number of carbonyl (C=O) groups is 1. The lowest BCUT2D eigenvalue weighted by molar-refractivity contribution is 0.252. The summed E-state index contributed by atoms with van der Waals surface area (Å²) in [5.74, 6) is 0. The van der Waals surface area contributed by atoms with E-state index in [2.05, 4.69) is 22.5 Å². The van der Waals surface area contributed by atoms with Crippen LogP contribution in [0.2, 0.25) is 0 Å². The van der Waals surface area contributed by atoms with Gasteiger partial charge < -0.3 is 11.1 Å². The maximum atomic E-state index is 11.3. The Labute approximate surface area is 93.1 Å². The number of anilines is 1. The Balaban J connectivity index is 2.31. The van der Waals surface area contributed by atoms with Gasteiger partial charge in [-0.25, -0.2) is 9.78 Å². The third-order valence-electron chi connectivity index (χ3n) is 1.80. The standard InChI is InChI=1S/C9H16N4OS/c1-2-3-4-11-8(14)13-9-12-7(5-10)6-15-9/h6H,2-5,10H2,1H3,(H2,11,12,13,14). The largest absolute Gasteiger partial charge is 0.338 e. The van der Waals surface area contributed by atoms with Crippen molar-refractivity contribution >= 4 is 22.5 Å². The minimum Gasteiger partial charge on any atom is -0.338 e. The van der Waals surface area contributed by atoms with Gasteiger partial charge in [-0.1, -0.05) is 13.3 Å². The van der Waals surface area contributed by atoms with Crippen LogP contribution in [0.5, 0.6) is 0 Å². The summed E-state index contributed by atoms with van der Waals surface area (Å²) in [6, 6.07) is -0.207. The molecule has 0 atom stereocenters. The lowest BCUT2D eigenvalue weighted by Crippen LogP contribution is -2.29. The molecular formula is C9H16N4OS. The molecule has 5 nitrogen and oxygen atoms in total. The minimum atomic E-state index is -0.207. The maximum Gasteiger partial charge on any atom is 0.321 e. The SMILES string of the molecule is CCCCNC(=O)Nc1nc(CN)cs1. The van der Waals surface area contributed by atoms with E-state index in [0.29, 0.717) is 18.2 Å². The molecule has 0 unspecified atom stereocenters. The number of thiazole rings is 1. The smallest absolute Gasteiger partial charge is 0.321 e. The molecule has 1 aromatic rings. The molecule has 1 rings (SSSR count). The summed E-state index contributed by atoms with van der Waals surface area (Å²) in [4.78, 5) is 15.4. The molecule has 0 spiro atoms. The lowest BCUT2D eigenvalue weighted by Gasteiger charge is -2.03. The van der Waals surface area contributed by atoms with E-state index >= 15 is 0 Å². The molecule has 0 aliphatic heterocycles. The van der Waals surface area contributed by atoms with E-state index in [0.717, 1.165) is 18.5 Å². The topological polar surface area (TPSA) is 80.0 Å². The van der Waals surface area contributed by atoms with Gasteiger partial charge in [-0.05, 0) is 6.42 Å². The fourth-order valence-electron chi connectivity index (χ4n) is 0.978. The maximum absolute atomic E-state index is 11.3. The highest BCUT2D eigenvalue weighted by molar-refractivity contribution is 7.13. The second kappa shape index (κ2) is 6.36. The predicted molar refractivity (Wildman–Crippen MR) is 61.9 cm³/mol. The monoisotopic (exact) mass is 228 g/mol. The first-order chi connectivity index (χ1) is 7.26. The van der Waals surface area contributed by atoms with E-state index in [1.807, 2.05) is 5.38 Å². The minimum absolute atomic E-state index is 0.207. The van der Waals surface area contributed by atoms with Gasteiger partial charge in [0, 0.05) is 18.5 Å². The Morgan fingerprint density at radius 3 is 3.07 bits per heavy atom. The van der Waals surface area contributed by atoms with Gasteiger partial charge in [-0.2, -0.15) is 0 Å². The average molecular weight is 228 g/mol. The van der Waals surface area contributed by atoms with E-state index in [1.165, 1.54) is 11.3 Å². The van der Waals surface area contributed by atoms with Crippen molar-refractivity contribution in [1.29, 1.82) is 0 Å². The average Bonchev–Trinajstić information content (AvgIpc) is 2.66. The summed E-state index contributed by atoms with van der Waals surface area (Å²) in [6.45, 7) is 3.17. The first kappa shape index (κ1) is 11.9. The highest BCUT2D eigenvalue weighted by atomic mass is 32.1. The molecule has 0 aliphatic carbocycles. The van der Waals surface area contributed by atoms with Crippen LogP contribution in [0.4, 0.5) is 9.93 Å². The molecule has 0 bridgehead atoms. The molecule has 0 saturated heterocycles. The number of nitrogens with two attached hydrogens (primary N) is 1. The number of rotatable bonds is 5. The number of nitrogens with zero attached hydrogens (tertiary/aromatic N) is 1. The quantitative estimate of drug-likeness (QED) is 0.668. The van der Waals surface area contributed by atoms with Crippen LogP contribution in [0, 0.1) is 0 Å². The molecule has 1 heterocycles. The molecule has 2 amide bonds. The van der Waals surface area contributed by atoms with Crippen molar-refractivity contribution in [3.63, 3.8) is 0 Å². The van der Waals surface area contributed by atoms with E-state index in [1.54, 1.807) is 0 Å². The second-order valence-corrected chi connectivity index (χ2v) is 3.94. The van der Waals surface area contributed by atoms with Crippen LogP contribution in [0.15, 0.2) is 5.38 Å². The van der Waals surface area contributed by atoms with Crippen LogP contribution in [0.3, 0.4) is 0 Å². The first-order valence-electron chi connectivity index (χ1n) is 4.95. The van der Waals surface area contributed by atoms with Gasteiger partial charge in [0.05, 0.1) is 5.69 Å². The van der Waals surface area contributed by atoms with Gasteiger partial charge in [-0.15, -0.1) is 11.3 Å². The summed E-state index contributed by atoms with van der Waals surface area (Å²) in [5.41, 5.74) is 6.20. The molecule has 1 aromatic heterocycles. The molecule has 0 fully saturated rings. The third-order valence-corrected chi connectivity index (χ3v) is 2.60. The number of nitrogens with one attached hydrogen (secondary N) is 2. The van der Waals surface area contributed by atoms with E-state index in [4.69, 9.17) is 5.73 Å². The zero-order chi connectivity index (χ0) is 11.1. The molecule has 84 valence electrons. The fraction of sp³-hybridized carbons (Fsp3) is 0.556. The van der Waals surface area contributed by atoms with Crippen LogP contribution in [0.25, 0.3) is 0 Å². The third kappa shape index (κ3) is 4.26. The van der Waals surface area contributed by atoms with Gasteiger partial charge in [0.2, 0.25) is 0 Å². The molecular weight excluding hydrogens is 212 g/mol. The highest BCUT2D eigenvalue weighted by Gasteiger charge is 2.04.